The van der Waals surface area contributed by atoms with Gasteiger partial charge in [0.15, 0.2) is 0 Å². The summed E-state index contributed by atoms with van der Waals surface area (Å²) in [7, 11) is 0. The average molecular weight is 316 g/mol. The molecule has 1 heterocycles. The van der Waals surface area contributed by atoms with E-state index in [9.17, 15) is 23.3 Å². The van der Waals surface area contributed by atoms with E-state index >= 15 is 0 Å². The van der Waals surface area contributed by atoms with E-state index in [1.807, 2.05) is 4.98 Å². The van der Waals surface area contributed by atoms with E-state index in [0.717, 1.165) is 12.1 Å². The first kappa shape index (κ1) is 14.9. The van der Waals surface area contributed by atoms with E-state index in [0.29, 0.717) is 6.07 Å². The highest BCUT2D eigenvalue weighted by atomic mass is 35.5. The summed E-state index contributed by atoms with van der Waals surface area (Å²) in [5, 5.41) is 19.6. The average Bonchev–Trinajstić information content (AvgIpc) is 2.82. The number of benzene rings is 1. The Hall–Kier alpha value is -2.53. The molecule has 0 bridgehead atoms. The van der Waals surface area contributed by atoms with Crippen molar-refractivity contribution in [2.75, 3.05) is 0 Å². The third-order valence-corrected chi connectivity index (χ3v) is 3.00. The Balaban J connectivity index is 2.67. The molecular weight excluding hydrogens is 311 g/mol. The van der Waals surface area contributed by atoms with Crippen molar-refractivity contribution in [1.82, 2.24) is 4.98 Å². The molecule has 1 N–H and O–H groups in total. The smallest absolute Gasteiger partial charge is 0.350 e. The van der Waals surface area contributed by atoms with Crippen molar-refractivity contribution in [3.05, 3.63) is 50.7 Å². The summed E-state index contributed by atoms with van der Waals surface area (Å²) >= 11 is 5.85. The van der Waals surface area contributed by atoms with Crippen LogP contribution in [0.3, 0.4) is 0 Å². The summed E-state index contributed by atoms with van der Waals surface area (Å²) in [6.07, 6.45) is -4.67. The number of hydrogen-bond acceptors (Lipinski definition) is 3. The molecule has 9 heteroatoms. The Labute approximate surface area is 120 Å². The number of H-pyrrole nitrogens is 1. The fraction of sp³-hybridized carbons (Fsp3) is 0.0833. The summed E-state index contributed by atoms with van der Waals surface area (Å²) in [4.78, 5) is 12.1. The Morgan fingerprint density at radius 2 is 2.00 bits per heavy atom. The fourth-order valence-corrected chi connectivity index (χ4v) is 1.94. The number of non-ortho nitro benzene ring substituents is 1. The van der Waals surface area contributed by atoms with Crippen LogP contribution in [0.1, 0.15) is 11.3 Å². The van der Waals surface area contributed by atoms with Gasteiger partial charge in [-0.1, -0.05) is 11.6 Å². The van der Waals surface area contributed by atoms with Gasteiger partial charge in [-0.3, -0.25) is 10.1 Å². The summed E-state index contributed by atoms with van der Waals surface area (Å²) in [5.41, 5.74) is -2.03. The molecule has 5 nitrogen and oxygen atoms in total. The lowest BCUT2D eigenvalue weighted by atomic mass is 10.1. The highest BCUT2D eigenvalue weighted by Crippen LogP contribution is 2.37. The lowest BCUT2D eigenvalue weighted by Gasteiger charge is -2.04. The molecule has 0 spiro atoms. The Kier molecular flexibility index (Phi) is 3.61. The van der Waals surface area contributed by atoms with Crippen molar-refractivity contribution >= 4 is 17.3 Å². The van der Waals surface area contributed by atoms with Crippen molar-refractivity contribution in [3.63, 3.8) is 0 Å². The third kappa shape index (κ3) is 2.83. The molecule has 0 aliphatic heterocycles. The van der Waals surface area contributed by atoms with Gasteiger partial charge in [0.2, 0.25) is 0 Å². The van der Waals surface area contributed by atoms with Crippen molar-refractivity contribution in [2.45, 2.75) is 6.18 Å². The first-order valence-electron chi connectivity index (χ1n) is 5.38. The minimum Gasteiger partial charge on any atom is -0.350 e. The molecule has 1 aromatic carbocycles. The van der Waals surface area contributed by atoms with Gasteiger partial charge in [-0.2, -0.15) is 18.4 Å². The molecule has 0 atom stereocenters. The molecule has 0 radical (unpaired) electrons. The molecule has 0 saturated carbocycles. The summed E-state index contributed by atoms with van der Waals surface area (Å²) in [6.45, 7) is 0. The zero-order valence-corrected chi connectivity index (χ0v) is 10.8. The second-order valence-corrected chi connectivity index (χ2v) is 4.41. The molecule has 2 aromatic rings. The van der Waals surface area contributed by atoms with Crippen LogP contribution in [0, 0.1) is 21.4 Å². The molecule has 21 heavy (non-hydrogen) atoms. The maximum absolute atomic E-state index is 12.7. The van der Waals surface area contributed by atoms with Crippen molar-refractivity contribution < 1.29 is 18.1 Å². The largest absolute Gasteiger partial charge is 0.431 e. The monoisotopic (exact) mass is 315 g/mol. The van der Waals surface area contributed by atoms with Crippen LogP contribution < -0.4 is 0 Å². The first-order chi connectivity index (χ1) is 9.74. The minimum atomic E-state index is -4.67. The number of nitrogens with zero attached hydrogens (tertiary/aromatic N) is 2. The van der Waals surface area contributed by atoms with E-state index in [4.69, 9.17) is 16.9 Å². The quantitative estimate of drug-likeness (QED) is 0.668. The highest BCUT2D eigenvalue weighted by molar-refractivity contribution is 6.33. The number of nitro benzene ring substituents is 1. The Bertz CT molecular complexity index is 762. The van der Waals surface area contributed by atoms with Crippen LogP contribution in [0.2, 0.25) is 5.02 Å². The second kappa shape index (κ2) is 5.10. The zero-order chi connectivity index (χ0) is 15.8. The van der Waals surface area contributed by atoms with E-state index in [1.165, 1.54) is 6.07 Å². The number of alkyl halides is 3. The molecule has 1 aromatic heterocycles. The SMILES string of the molecule is N#Cc1cc(C(F)(F)F)[nH]c1-c1cc([N+](=O)[O-])ccc1Cl. The van der Waals surface area contributed by atoms with Gasteiger partial charge in [-0.05, 0) is 12.1 Å². The Morgan fingerprint density at radius 3 is 2.52 bits per heavy atom. The number of rotatable bonds is 2. The first-order valence-corrected chi connectivity index (χ1v) is 5.76. The van der Waals surface area contributed by atoms with Gasteiger partial charge in [0, 0.05) is 17.7 Å². The third-order valence-electron chi connectivity index (χ3n) is 2.67. The van der Waals surface area contributed by atoms with Crippen LogP contribution in [0.15, 0.2) is 24.3 Å². The standard InChI is InChI=1S/C12H5ClF3N3O2/c13-9-2-1-7(19(20)21)4-8(9)11-6(5-17)3-10(18-11)12(14,15)16/h1-4,18H. The second-order valence-electron chi connectivity index (χ2n) is 4.00. The van der Waals surface area contributed by atoms with Gasteiger partial charge < -0.3 is 4.98 Å². The number of nitrogens with one attached hydrogen (secondary N) is 1. The predicted octanol–water partition coefficient (Wildman–Crippen LogP) is 4.13. The van der Waals surface area contributed by atoms with Crippen LogP contribution in [0.25, 0.3) is 11.3 Å². The maximum Gasteiger partial charge on any atom is 0.431 e. The van der Waals surface area contributed by atoms with Crippen molar-refractivity contribution in [2.24, 2.45) is 0 Å². The van der Waals surface area contributed by atoms with E-state index in [-0.39, 0.29) is 27.5 Å². The molecule has 0 unspecified atom stereocenters. The highest BCUT2D eigenvalue weighted by Gasteiger charge is 2.34. The molecule has 0 aliphatic rings. The fourth-order valence-electron chi connectivity index (χ4n) is 1.73. The minimum absolute atomic E-state index is 0.00678. The lowest BCUT2D eigenvalue weighted by Crippen LogP contribution is -2.04. The van der Waals surface area contributed by atoms with Crippen LogP contribution in [-0.4, -0.2) is 9.91 Å². The van der Waals surface area contributed by atoms with Gasteiger partial charge in [-0.15, -0.1) is 0 Å². The van der Waals surface area contributed by atoms with Crippen LogP contribution >= 0.6 is 11.6 Å². The topological polar surface area (TPSA) is 82.7 Å². The molecule has 0 amide bonds. The van der Waals surface area contributed by atoms with Crippen LogP contribution in [0.5, 0.6) is 0 Å². The number of aromatic nitrogens is 1. The van der Waals surface area contributed by atoms with E-state index < -0.39 is 16.8 Å². The predicted molar refractivity (Wildman–Crippen MR) is 67.6 cm³/mol. The molecule has 0 fully saturated rings. The van der Waals surface area contributed by atoms with Gasteiger partial charge >= 0.3 is 6.18 Å². The maximum atomic E-state index is 12.7. The van der Waals surface area contributed by atoms with Crippen LogP contribution in [0.4, 0.5) is 18.9 Å². The normalized spacial score (nSPS) is 11.2. The van der Waals surface area contributed by atoms with Gasteiger partial charge in [0.25, 0.3) is 5.69 Å². The van der Waals surface area contributed by atoms with Crippen molar-refractivity contribution in [3.8, 4) is 17.3 Å². The van der Waals surface area contributed by atoms with Gasteiger partial charge in [0.05, 0.1) is 21.2 Å². The van der Waals surface area contributed by atoms with Crippen molar-refractivity contribution in [1.29, 1.82) is 5.26 Å². The molecule has 108 valence electrons. The summed E-state index contributed by atoms with van der Waals surface area (Å²) < 4.78 is 38.0. The zero-order valence-electron chi connectivity index (χ0n) is 10.0. The summed E-state index contributed by atoms with van der Waals surface area (Å²) in [5.74, 6) is 0. The molecular formula is C12H5ClF3N3O2. The Morgan fingerprint density at radius 1 is 1.33 bits per heavy atom. The summed E-state index contributed by atoms with van der Waals surface area (Å²) in [6, 6.07) is 5.54. The van der Waals surface area contributed by atoms with Gasteiger partial charge in [0.1, 0.15) is 11.8 Å². The number of hydrogen-bond donors (Lipinski definition) is 1. The number of halogens is 4. The molecule has 0 saturated heterocycles. The molecule has 0 aliphatic carbocycles. The number of nitriles is 1. The van der Waals surface area contributed by atoms with E-state index in [1.54, 1.807) is 6.07 Å². The molecule has 2 rings (SSSR count). The van der Waals surface area contributed by atoms with E-state index in [2.05, 4.69) is 0 Å². The number of nitro groups is 1. The number of aromatic amines is 1. The van der Waals surface area contributed by atoms with Crippen LogP contribution in [-0.2, 0) is 6.18 Å². The van der Waals surface area contributed by atoms with Gasteiger partial charge in [-0.25, -0.2) is 0 Å². The lowest BCUT2D eigenvalue weighted by molar-refractivity contribution is -0.384.